The molecule has 132 valence electrons. The van der Waals surface area contributed by atoms with Crippen molar-refractivity contribution in [3.63, 3.8) is 0 Å². The number of carbonyl (C=O) groups is 1. The summed E-state index contributed by atoms with van der Waals surface area (Å²) >= 11 is 0. The SMILES string of the molecule is CC(C)(C)OC(=O)N1CC2(CC(c3cccc(C(C)(C)C)c3)C2)C1. The van der Waals surface area contributed by atoms with Crippen LogP contribution in [0.25, 0.3) is 0 Å². The molecule has 1 aromatic rings. The van der Waals surface area contributed by atoms with Gasteiger partial charge < -0.3 is 9.64 Å². The molecule has 1 saturated heterocycles. The van der Waals surface area contributed by atoms with Gasteiger partial charge in [0.15, 0.2) is 0 Å². The van der Waals surface area contributed by atoms with E-state index < -0.39 is 5.60 Å². The zero-order chi connectivity index (χ0) is 17.8. The van der Waals surface area contributed by atoms with E-state index in [0.717, 1.165) is 13.1 Å². The first-order valence-electron chi connectivity index (χ1n) is 9.06. The molecule has 1 aromatic carbocycles. The summed E-state index contributed by atoms with van der Waals surface area (Å²) in [5.41, 5.74) is 3.00. The van der Waals surface area contributed by atoms with Crippen molar-refractivity contribution in [3.8, 4) is 0 Å². The van der Waals surface area contributed by atoms with Gasteiger partial charge in [0.25, 0.3) is 0 Å². The lowest BCUT2D eigenvalue weighted by Gasteiger charge is -2.59. The first-order valence-corrected chi connectivity index (χ1v) is 9.06. The molecule has 0 unspecified atom stereocenters. The smallest absolute Gasteiger partial charge is 0.410 e. The van der Waals surface area contributed by atoms with Gasteiger partial charge in [0.2, 0.25) is 0 Å². The van der Waals surface area contributed by atoms with Gasteiger partial charge in [-0.2, -0.15) is 0 Å². The van der Waals surface area contributed by atoms with Gasteiger partial charge >= 0.3 is 6.09 Å². The van der Waals surface area contributed by atoms with E-state index in [4.69, 9.17) is 4.74 Å². The van der Waals surface area contributed by atoms with Crippen LogP contribution in [0.15, 0.2) is 24.3 Å². The Balaban J connectivity index is 1.55. The summed E-state index contributed by atoms with van der Waals surface area (Å²) in [4.78, 5) is 13.9. The molecule has 1 aliphatic heterocycles. The van der Waals surface area contributed by atoms with Crippen LogP contribution >= 0.6 is 0 Å². The Morgan fingerprint density at radius 2 is 1.75 bits per heavy atom. The molecule has 2 fully saturated rings. The molecular weight excluding hydrogens is 298 g/mol. The lowest BCUT2D eigenvalue weighted by molar-refractivity contribution is -0.0786. The second kappa shape index (κ2) is 5.50. The molecule has 3 nitrogen and oxygen atoms in total. The third-order valence-electron chi connectivity index (χ3n) is 5.29. The highest BCUT2D eigenvalue weighted by atomic mass is 16.6. The Labute approximate surface area is 146 Å². The maximum atomic E-state index is 12.1. The van der Waals surface area contributed by atoms with Gasteiger partial charge in [-0.3, -0.25) is 0 Å². The quantitative estimate of drug-likeness (QED) is 0.717. The maximum Gasteiger partial charge on any atom is 0.410 e. The molecule has 1 saturated carbocycles. The molecule has 0 aromatic heterocycles. The first-order chi connectivity index (χ1) is 11.0. The Morgan fingerprint density at radius 3 is 2.29 bits per heavy atom. The lowest BCUT2D eigenvalue weighted by atomic mass is 9.56. The van der Waals surface area contributed by atoms with Crippen LogP contribution in [0.3, 0.4) is 0 Å². The Kier molecular flexibility index (Phi) is 3.97. The largest absolute Gasteiger partial charge is 0.444 e. The number of hydrogen-bond acceptors (Lipinski definition) is 2. The Hall–Kier alpha value is -1.51. The fourth-order valence-electron chi connectivity index (χ4n) is 3.96. The number of nitrogens with zero attached hydrogens (tertiary/aromatic N) is 1. The van der Waals surface area contributed by atoms with Crippen LogP contribution in [0.1, 0.15) is 71.4 Å². The van der Waals surface area contributed by atoms with Gasteiger partial charge in [-0.25, -0.2) is 4.79 Å². The van der Waals surface area contributed by atoms with Crippen LogP contribution in [-0.2, 0) is 10.2 Å². The highest BCUT2D eigenvalue weighted by Gasteiger charge is 2.54. The molecule has 3 rings (SSSR count). The first kappa shape index (κ1) is 17.3. The minimum atomic E-state index is -0.407. The van der Waals surface area contributed by atoms with Crippen LogP contribution in [0.4, 0.5) is 4.79 Å². The molecule has 3 heteroatoms. The highest BCUT2D eigenvalue weighted by molar-refractivity contribution is 5.69. The highest BCUT2D eigenvalue weighted by Crippen LogP contribution is 2.56. The predicted octanol–water partition coefficient (Wildman–Crippen LogP) is 5.10. The number of amides is 1. The molecule has 0 atom stereocenters. The molecule has 1 spiro atoms. The van der Waals surface area contributed by atoms with Crippen molar-refractivity contribution in [2.45, 2.75) is 71.3 Å². The van der Waals surface area contributed by atoms with Gasteiger partial charge in [-0.1, -0.05) is 45.0 Å². The summed E-state index contributed by atoms with van der Waals surface area (Å²) in [6.07, 6.45) is 2.23. The van der Waals surface area contributed by atoms with Gasteiger partial charge in [0.05, 0.1) is 0 Å². The van der Waals surface area contributed by atoms with Crippen LogP contribution in [0.5, 0.6) is 0 Å². The van der Waals surface area contributed by atoms with E-state index >= 15 is 0 Å². The summed E-state index contributed by atoms with van der Waals surface area (Å²) in [7, 11) is 0. The number of ether oxygens (including phenoxy) is 1. The predicted molar refractivity (Wildman–Crippen MR) is 97.4 cm³/mol. The summed E-state index contributed by atoms with van der Waals surface area (Å²) in [5.74, 6) is 0.646. The van der Waals surface area contributed by atoms with Gasteiger partial charge in [-0.15, -0.1) is 0 Å². The number of likely N-dealkylation sites (tertiary alicyclic amines) is 1. The third-order valence-corrected chi connectivity index (χ3v) is 5.29. The van der Waals surface area contributed by atoms with Crippen LogP contribution in [-0.4, -0.2) is 29.7 Å². The molecule has 1 aliphatic carbocycles. The van der Waals surface area contributed by atoms with Gasteiger partial charge in [0.1, 0.15) is 5.60 Å². The summed E-state index contributed by atoms with van der Waals surface area (Å²) in [6, 6.07) is 9.05. The van der Waals surface area contributed by atoms with Crippen LogP contribution in [0, 0.1) is 5.41 Å². The fraction of sp³-hybridized carbons (Fsp3) is 0.667. The molecule has 24 heavy (non-hydrogen) atoms. The third kappa shape index (κ3) is 3.45. The zero-order valence-electron chi connectivity index (χ0n) is 16.0. The van der Waals surface area contributed by atoms with Crippen molar-refractivity contribution >= 4 is 6.09 Å². The fourth-order valence-corrected chi connectivity index (χ4v) is 3.96. The standard InChI is InChI=1S/C21H31NO2/c1-19(2,3)17-9-7-8-15(10-17)16-11-21(12-16)13-22(14-21)18(23)24-20(4,5)6/h7-10,16H,11-14H2,1-6H3. The van der Waals surface area contributed by atoms with E-state index in [1.54, 1.807) is 0 Å². The van der Waals surface area contributed by atoms with Crippen molar-refractivity contribution in [1.82, 2.24) is 4.90 Å². The van der Waals surface area contributed by atoms with E-state index in [1.165, 1.54) is 24.0 Å². The van der Waals surface area contributed by atoms with Crippen molar-refractivity contribution in [2.24, 2.45) is 5.41 Å². The molecular formula is C21H31NO2. The van der Waals surface area contributed by atoms with E-state index in [-0.39, 0.29) is 11.5 Å². The monoisotopic (exact) mass is 329 g/mol. The van der Waals surface area contributed by atoms with Crippen LogP contribution in [0.2, 0.25) is 0 Å². The lowest BCUT2D eigenvalue weighted by Crippen LogP contribution is -2.63. The van der Waals surface area contributed by atoms with Crippen molar-refractivity contribution in [2.75, 3.05) is 13.1 Å². The van der Waals surface area contributed by atoms with Crippen molar-refractivity contribution in [1.29, 1.82) is 0 Å². The van der Waals surface area contributed by atoms with Crippen molar-refractivity contribution < 1.29 is 9.53 Å². The normalized spacial score (nSPS) is 20.5. The molecule has 0 N–H and O–H groups in total. The van der Waals surface area contributed by atoms with E-state index in [2.05, 4.69) is 45.0 Å². The van der Waals surface area contributed by atoms with E-state index in [9.17, 15) is 4.79 Å². The van der Waals surface area contributed by atoms with Crippen molar-refractivity contribution in [3.05, 3.63) is 35.4 Å². The summed E-state index contributed by atoms with van der Waals surface area (Å²) in [5, 5.41) is 0. The topological polar surface area (TPSA) is 29.5 Å². The summed E-state index contributed by atoms with van der Waals surface area (Å²) < 4.78 is 5.46. The minimum absolute atomic E-state index is 0.161. The van der Waals surface area contributed by atoms with Gasteiger partial charge in [-0.05, 0) is 56.1 Å². The molecule has 2 aliphatic rings. The van der Waals surface area contributed by atoms with E-state index in [0.29, 0.717) is 11.3 Å². The minimum Gasteiger partial charge on any atom is -0.444 e. The number of benzene rings is 1. The molecule has 1 amide bonds. The number of carbonyl (C=O) groups excluding carboxylic acids is 1. The Morgan fingerprint density at radius 1 is 1.12 bits per heavy atom. The van der Waals surface area contributed by atoms with Crippen LogP contribution < -0.4 is 0 Å². The Bertz CT molecular complexity index is 622. The second-order valence-electron chi connectivity index (χ2n) is 9.82. The van der Waals surface area contributed by atoms with Gasteiger partial charge in [0, 0.05) is 18.5 Å². The molecule has 0 radical (unpaired) electrons. The molecule has 0 bridgehead atoms. The maximum absolute atomic E-state index is 12.1. The average molecular weight is 329 g/mol. The average Bonchev–Trinajstić information content (AvgIpc) is 2.32. The number of hydrogen-bond donors (Lipinski definition) is 0. The summed E-state index contributed by atoms with van der Waals surface area (Å²) in [6.45, 7) is 14.3. The number of rotatable bonds is 1. The second-order valence-corrected chi connectivity index (χ2v) is 9.82. The van der Waals surface area contributed by atoms with E-state index in [1.807, 2.05) is 25.7 Å². The zero-order valence-corrected chi connectivity index (χ0v) is 16.0. The molecule has 1 heterocycles.